The van der Waals surface area contributed by atoms with Gasteiger partial charge in [-0.2, -0.15) is 0 Å². The summed E-state index contributed by atoms with van der Waals surface area (Å²) >= 11 is 6.03. The maximum absolute atomic E-state index is 13.3. The standard InChI is InChI=1S/C18H13ClF2N4O/c1-10-8-16(17(26)24-15-5-3-2-4-12(15)19)25-18(22-10)23-11-6-7-13(20)14(21)9-11/h2-9H,1H3,(H,24,26)(H,22,23,25). The van der Waals surface area contributed by atoms with Gasteiger partial charge in [-0.1, -0.05) is 23.7 Å². The SMILES string of the molecule is Cc1cc(C(=O)Nc2ccccc2Cl)nc(Nc2ccc(F)c(F)c2)n1. The average Bonchev–Trinajstić information content (AvgIpc) is 2.59. The third kappa shape index (κ3) is 4.12. The number of hydrogen-bond donors (Lipinski definition) is 2. The van der Waals surface area contributed by atoms with Gasteiger partial charge in [0.1, 0.15) is 5.69 Å². The molecular weight excluding hydrogens is 362 g/mol. The predicted octanol–water partition coefficient (Wildman–Crippen LogP) is 4.71. The highest BCUT2D eigenvalue weighted by Gasteiger charge is 2.13. The van der Waals surface area contributed by atoms with E-state index in [2.05, 4.69) is 20.6 Å². The fraction of sp³-hybridized carbons (Fsp3) is 0.0556. The summed E-state index contributed by atoms with van der Waals surface area (Å²) < 4.78 is 26.3. The summed E-state index contributed by atoms with van der Waals surface area (Å²) in [5, 5.41) is 5.81. The zero-order valence-corrected chi connectivity index (χ0v) is 14.3. The normalized spacial score (nSPS) is 10.5. The van der Waals surface area contributed by atoms with Crippen molar-refractivity contribution in [1.29, 1.82) is 0 Å². The van der Waals surface area contributed by atoms with Crippen molar-refractivity contribution in [1.82, 2.24) is 9.97 Å². The van der Waals surface area contributed by atoms with Gasteiger partial charge in [0.2, 0.25) is 5.95 Å². The second kappa shape index (κ2) is 7.45. The number of rotatable bonds is 4. The fourth-order valence-corrected chi connectivity index (χ4v) is 2.38. The van der Waals surface area contributed by atoms with Crippen LogP contribution in [0.2, 0.25) is 5.02 Å². The molecule has 0 atom stereocenters. The van der Waals surface area contributed by atoms with Crippen molar-refractivity contribution in [3.63, 3.8) is 0 Å². The molecule has 0 radical (unpaired) electrons. The van der Waals surface area contributed by atoms with Crippen molar-refractivity contribution < 1.29 is 13.6 Å². The van der Waals surface area contributed by atoms with Crippen molar-refractivity contribution in [2.24, 2.45) is 0 Å². The predicted molar refractivity (Wildman–Crippen MR) is 95.8 cm³/mol. The Morgan fingerprint density at radius 3 is 2.54 bits per heavy atom. The van der Waals surface area contributed by atoms with E-state index in [0.717, 1.165) is 12.1 Å². The zero-order valence-electron chi connectivity index (χ0n) is 13.6. The van der Waals surface area contributed by atoms with Gasteiger partial charge in [-0.3, -0.25) is 4.79 Å². The van der Waals surface area contributed by atoms with Crippen molar-refractivity contribution in [3.8, 4) is 0 Å². The van der Waals surface area contributed by atoms with Crippen LogP contribution in [0.1, 0.15) is 16.2 Å². The van der Waals surface area contributed by atoms with Gasteiger partial charge in [-0.15, -0.1) is 0 Å². The smallest absolute Gasteiger partial charge is 0.274 e. The average molecular weight is 375 g/mol. The lowest BCUT2D eigenvalue weighted by molar-refractivity contribution is 0.102. The van der Waals surface area contributed by atoms with Crippen LogP contribution in [-0.4, -0.2) is 15.9 Å². The molecule has 0 aliphatic carbocycles. The zero-order chi connectivity index (χ0) is 18.7. The Balaban J connectivity index is 1.84. The molecule has 2 aromatic carbocycles. The molecule has 0 saturated heterocycles. The summed E-state index contributed by atoms with van der Waals surface area (Å²) in [7, 11) is 0. The second-order valence-electron chi connectivity index (χ2n) is 5.41. The first-order valence-corrected chi connectivity index (χ1v) is 7.94. The lowest BCUT2D eigenvalue weighted by Gasteiger charge is -2.10. The number of nitrogens with one attached hydrogen (secondary N) is 2. The largest absolute Gasteiger partial charge is 0.324 e. The summed E-state index contributed by atoms with van der Waals surface area (Å²) in [6, 6.07) is 11.6. The van der Waals surface area contributed by atoms with E-state index in [1.54, 1.807) is 31.2 Å². The molecule has 1 amide bonds. The molecule has 0 bridgehead atoms. The van der Waals surface area contributed by atoms with Crippen molar-refractivity contribution in [3.05, 3.63) is 76.6 Å². The van der Waals surface area contributed by atoms with Crippen LogP contribution in [0.25, 0.3) is 0 Å². The summed E-state index contributed by atoms with van der Waals surface area (Å²) in [5.41, 5.74) is 1.33. The van der Waals surface area contributed by atoms with Crippen molar-refractivity contribution >= 4 is 34.8 Å². The van der Waals surface area contributed by atoms with Crippen LogP contribution >= 0.6 is 11.6 Å². The molecule has 132 valence electrons. The molecule has 0 saturated carbocycles. The minimum Gasteiger partial charge on any atom is -0.324 e. The van der Waals surface area contributed by atoms with Gasteiger partial charge in [0.15, 0.2) is 11.6 Å². The highest BCUT2D eigenvalue weighted by Crippen LogP contribution is 2.22. The number of aromatic nitrogens is 2. The number of anilines is 3. The van der Waals surface area contributed by atoms with Gasteiger partial charge in [-0.05, 0) is 37.3 Å². The molecule has 0 aliphatic rings. The van der Waals surface area contributed by atoms with E-state index < -0.39 is 17.5 Å². The van der Waals surface area contributed by atoms with E-state index in [1.165, 1.54) is 12.1 Å². The lowest BCUT2D eigenvalue weighted by atomic mass is 10.2. The van der Waals surface area contributed by atoms with E-state index in [4.69, 9.17) is 11.6 Å². The molecule has 3 aromatic rings. The molecule has 2 N–H and O–H groups in total. The molecule has 1 heterocycles. The molecule has 3 rings (SSSR count). The Bertz CT molecular complexity index is 981. The Hall–Kier alpha value is -3.06. The number of nitrogens with zero attached hydrogens (tertiary/aromatic N) is 2. The Labute approximate surface area is 153 Å². The van der Waals surface area contributed by atoms with E-state index in [-0.39, 0.29) is 17.3 Å². The highest BCUT2D eigenvalue weighted by molar-refractivity contribution is 6.33. The van der Waals surface area contributed by atoms with Gasteiger partial charge in [-0.25, -0.2) is 18.7 Å². The summed E-state index contributed by atoms with van der Waals surface area (Å²) in [6.45, 7) is 1.68. The summed E-state index contributed by atoms with van der Waals surface area (Å²) in [4.78, 5) is 20.7. The number of carbonyl (C=O) groups is 1. The third-order valence-electron chi connectivity index (χ3n) is 3.38. The first-order valence-electron chi connectivity index (χ1n) is 7.56. The maximum Gasteiger partial charge on any atom is 0.274 e. The molecule has 0 aliphatic heterocycles. The fourth-order valence-electron chi connectivity index (χ4n) is 2.19. The van der Waals surface area contributed by atoms with E-state index in [9.17, 15) is 13.6 Å². The topological polar surface area (TPSA) is 66.9 Å². The Morgan fingerprint density at radius 2 is 1.81 bits per heavy atom. The van der Waals surface area contributed by atoms with Crippen LogP contribution in [0.4, 0.5) is 26.1 Å². The number of amides is 1. The van der Waals surface area contributed by atoms with Crippen LogP contribution in [0.15, 0.2) is 48.5 Å². The molecule has 26 heavy (non-hydrogen) atoms. The van der Waals surface area contributed by atoms with Gasteiger partial charge < -0.3 is 10.6 Å². The minimum absolute atomic E-state index is 0.0836. The molecule has 0 unspecified atom stereocenters. The molecule has 0 spiro atoms. The maximum atomic E-state index is 13.3. The van der Waals surface area contributed by atoms with Gasteiger partial charge in [0.05, 0.1) is 10.7 Å². The van der Waals surface area contributed by atoms with Crippen LogP contribution in [-0.2, 0) is 0 Å². The van der Waals surface area contributed by atoms with E-state index >= 15 is 0 Å². The first-order chi connectivity index (χ1) is 12.4. The number of aryl methyl sites for hydroxylation is 1. The lowest BCUT2D eigenvalue weighted by Crippen LogP contribution is -2.15. The third-order valence-corrected chi connectivity index (χ3v) is 3.71. The van der Waals surface area contributed by atoms with Crippen LogP contribution < -0.4 is 10.6 Å². The van der Waals surface area contributed by atoms with Gasteiger partial charge >= 0.3 is 0 Å². The van der Waals surface area contributed by atoms with Gasteiger partial charge in [0, 0.05) is 17.4 Å². The molecule has 0 fully saturated rings. The first kappa shape index (κ1) is 17.8. The highest BCUT2D eigenvalue weighted by atomic mass is 35.5. The second-order valence-corrected chi connectivity index (χ2v) is 5.81. The summed E-state index contributed by atoms with van der Waals surface area (Å²) in [6.07, 6.45) is 0. The van der Waals surface area contributed by atoms with Crippen LogP contribution in [0.3, 0.4) is 0 Å². The minimum atomic E-state index is -1.00. The van der Waals surface area contributed by atoms with Crippen molar-refractivity contribution in [2.45, 2.75) is 6.92 Å². The molecule has 8 heteroatoms. The van der Waals surface area contributed by atoms with Crippen molar-refractivity contribution in [2.75, 3.05) is 10.6 Å². The van der Waals surface area contributed by atoms with Crippen LogP contribution in [0, 0.1) is 18.6 Å². The van der Waals surface area contributed by atoms with Crippen LogP contribution in [0.5, 0.6) is 0 Å². The quantitative estimate of drug-likeness (QED) is 0.694. The number of benzene rings is 2. The molecule has 5 nitrogen and oxygen atoms in total. The Morgan fingerprint density at radius 1 is 1.04 bits per heavy atom. The Kier molecular flexibility index (Phi) is 5.09. The number of halogens is 3. The molecular formula is C18H13ClF2N4O. The number of hydrogen-bond acceptors (Lipinski definition) is 4. The monoisotopic (exact) mass is 374 g/mol. The molecule has 1 aromatic heterocycles. The number of para-hydroxylation sites is 1. The van der Waals surface area contributed by atoms with Gasteiger partial charge in [0.25, 0.3) is 5.91 Å². The summed E-state index contributed by atoms with van der Waals surface area (Å²) in [5.74, 6) is -2.35. The number of carbonyl (C=O) groups excluding carboxylic acids is 1. The van der Waals surface area contributed by atoms with E-state index in [0.29, 0.717) is 16.4 Å². The van der Waals surface area contributed by atoms with E-state index in [1.807, 2.05) is 0 Å².